The molecule has 3 rings (SSSR count). The van der Waals surface area contributed by atoms with Crippen LogP contribution in [0.2, 0.25) is 0 Å². The number of hydrogen-bond donors (Lipinski definition) is 1. The zero-order chi connectivity index (χ0) is 19.9. The quantitative estimate of drug-likeness (QED) is 0.572. The van der Waals surface area contributed by atoms with Gasteiger partial charge in [0.05, 0.1) is 18.8 Å². The van der Waals surface area contributed by atoms with E-state index in [0.717, 1.165) is 58.4 Å². The van der Waals surface area contributed by atoms with Gasteiger partial charge in [0.15, 0.2) is 5.96 Å². The number of guanidine groups is 1. The average Bonchev–Trinajstić information content (AvgIpc) is 3.15. The summed E-state index contributed by atoms with van der Waals surface area (Å²) in [7, 11) is 1.88. The molecule has 1 aromatic rings. The van der Waals surface area contributed by atoms with Crippen molar-refractivity contribution in [3.8, 4) is 0 Å². The molecule has 1 aromatic carbocycles. The third kappa shape index (κ3) is 5.04. The number of benzene rings is 1. The van der Waals surface area contributed by atoms with Gasteiger partial charge in [-0.2, -0.15) is 0 Å². The van der Waals surface area contributed by atoms with E-state index in [9.17, 15) is 0 Å². The van der Waals surface area contributed by atoms with Gasteiger partial charge in [-0.1, -0.05) is 44.2 Å². The van der Waals surface area contributed by atoms with Crippen LogP contribution in [0.25, 0.3) is 0 Å². The molecule has 3 unspecified atom stereocenters. The summed E-state index contributed by atoms with van der Waals surface area (Å²) in [6, 6.07) is 11.7. The maximum Gasteiger partial charge on any atom is 0.193 e. The van der Waals surface area contributed by atoms with Gasteiger partial charge in [-0.3, -0.25) is 14.8 Å². The molecule has 2 aliphatic rings. The maximum absolute atomic E-state index is 6.12. The van der Waals surface area contributed by atoms with Crippen LogP contribution in [0, 0.1) is 0 Å². The summed E-state index contributed by atoms with van der Waals surface area (Å²) in [4.78, 5) is 12.0. The Balaban J connectivity index is 1.58. The van der Waals surface area contributed by atoms with Crippen LogP contribution in [0.1, 0.15) is 26.3 Å². The van der Waals surface area contributed by atoms with E-state index in [4.69, 9.17) is 4.74 Å². The van der Waals surface area contributed by atoms with Crippen LogP contribution in [0.4, 0.5) is 0 Å². The second kappa shape index (κ2) is 10.2. The molecule has 0 radical (unpaired) electrons. The number of aliphatic imine (C=N–C) groups is 1. The van der Waals surface area contributed by atoms with Gasteiger partial charge in [-0.15, -0.1) is 0 Å². The Hall–Kier alpha value is -1.63. The number of rotatable bonds is 7. The van der Waals surface area contributed by atoms with E-state index in [1.54, 1.807) is 0 Å². The number of ether oxygens (including phenoxy) is 1. The van der Waals surface area contributed by atoms with Crippen molar-refractivity contribution >= 4 is 5.96 Å². The molecule has 28 heavy (non-hydrogen) atoms. The van der Waals surface area contributed by atoms with E-state index in [1.165, 1.54) is 5.56 Å². The number of nitrogens with one attached hydrogen (secondary N) is 1. The number of morpholine rings is 1. The predicted octanol–water partition coefficient (Wildman–Crippen LogP) is 1.88. The van der Waals surface area contributed by atoms with Gasteiger partial charge >= 0.3 is 0 Å². The normalized spacial score (nSPS) is 24.5. The second-order valence-electron chi connectivity index (χ2n) is 7.84. The van der Waals surface area contributed by atoms with Crippen LogP contribution in [0.15, 0.2) is 35.3 Å². The molecule has 6 heteroatoms. The molecule has 2 saturated heterocycles. The lowest BCUT2D eigenvalue weighted by Gasteiger charge is -2.36. The van der Waals surface area contributed by atoms with Crippen molar-refractivity contribution in [2.75, 3.05) is 52.9 Å². The molecule has 0 saturated carbocycles. The SMILES string of the molecule is CCN(CC)C(C)CNC(=NC)N1CC2OCCN(Cc3ccccc3)C2C1. The lowest BCUT2D eigenvalue weighted by Crippen LogP contribution is -2.50. The molecule has 156 valence electrons. The molecule has 2 heterocycles. The molecule has 3 atom stereocenters. The van der Waals surface area contributed by atoms with Gasteiger partial charge in [-0.05, 0) is 25.6 Å². The molecule has 0 aliphatic carbocycles. The topological polar surface area (TPSA) is 43.3 Å². The summed E-state index contributed by atoms with van der Waals surface area (Å²) < 4.78 is 6.12. The smallest absolute Gasteiger partial charge is 0.193 e. The van der Waals surface area contributed by atoms with Gasteiger partial charge in [0, 0.05) is 45.8 Å². The van der Waals surface area contributed by atoms with Crippen molar-refractivity contribution in [2.24, 2.45) is 4.99 Å². The summed E-state index contributed by atoms with van der Waals surface area (Å²) in [5.74, 6) is 0.997. The minimum Gasteiger partial charge on any atom is -0.373 e. The van der Waals surface area contributed by atoms with Crippen molar-refractivity contribution < 1.29 is 4.74 Å². The standard InChI is InChI=1S/C22H37N5O/c1-5-25(6-2)18(3)14-24-22(23-4)27-16-20-21(17-27)28-13-12-26(20)15-19-10-8-7-9-11-19/h7-11,18,20-21H,5-6,12-17H2,1-4H3,(H,23,24). The highest BCUT2D eigenvalue weighted by Crippen LogP contribution is 2.24. The maximum atomic E-state index is 6.12. The van der Waals surface area contributed by atoms with E-state index in [-0.39, 0.29) is 6.10 Å². The predicted molar refractivity (Wildman–Crippen MR) is 116 cm³/mol. The fraction of sp³-hybridized carbons (Fsp3) is 0.682. The molecule has 2 fully saturated rings. The summed E-state index contributed by atoms with van der Waals surface area (Å²) >= 11 is 0. The van der Waals surface area contributed by atoms with Crippen LogP contribution < -0.4 is 5.32 Å². The third-order valence-corrected chi connectivity index (χ3v) is 6.15. The van der Waals surface area contributed by atoms with Gasteiger partial charge in [0.1, 0.15) is 0 Å². The minimum atomic E-state index is 0.260. The number of fused-ring (bicyclic) bond motifs is 1. The fourth-order valence-electron chi connectivity index (χ4n) is 4.49. The lowest BCUT2D eigenvalue weighted by atomic mass is 10.1. The van der Waals surface area contributed by atoms with Crippen LogP contribution >= 0.6 is 0 Å². The summed E-state index contributed by atoms with van der Waals surface area (Å²) in [5, 5.41) is 3.59. The first-order valence-corrected chi connectivity index (χ1v) is 10.8. The minimum absolute atomic E-state index is 0.260. The Morgan fingerprint density at radius 2 is 2.00 bits per heavy atom. The summed E-state index contributed by atoms with van der Waals surface area (Å²) in [5.41, 5.74) is 1.37. The van der Waals surface area contributed by atoms with Crippen molar-refractivity contribution in [1.82, 2.24) is 20.0 Å². The zero-order valence-corrected chi connectivity index (χ0v) is 18.0. The lowest BCUT2D eigenvalue weighted by molar-refractivity contribution is -0.0502. The van der Waals surface area contributed by atoms with Crippen molar-refractivity contribution in [3.05, 3.63) is 35.9 Å². The molecule has 1 N–H and O–H groups in total. The van der Waals surface area contributed by atoms with E-state index in [0.29, 0.717) is 12.1 Å². The monoisotopic (exact) mass is 387 g/mol. The molecule has 0 aromatic heterocycles. The molecule has 0 amide bonds. The average molecular weight is 388 g/mol. The number of likely N-dealkylation sites (tertiary alicyclic amines) is 1. The van der Waals surface area contributed by atoms with E-state index >= 15 is 0 Å². The highest BCUT2D eigenvalue weighted by molar-refractivity contribution is 5.80. The van der Waals surface area contributed by atoms with E-state index < -0.39 is 0 Å². The Morgan fingerprint density at radius 3 is 2.68 bits per heavy atom. The zero-order valence-electron chi connectivity index (χ0n) is 18.0. The third-order valence-electron chi connectivity index (χ3n) is 6.15. The molecule has 6 nitrogen and oxygen atoms in total. The van der Waals surface area contributed by atoms with Gasteiger partial charge in [0.2, 0.25) is 0 Å². The first kappa shape index (κ1) is 21.1. The molecular formula is C22H37N5O. The Morgan fingerprint density at radius 1 is 1.25 bits per heavy atom. The summed E-state index contributed by atoms with van der Waals surface area (Å²) in [6.45, 7) is 14.5. The van der Waals surface area contributed by atoms with Crippen molar-refractivity contribution in [2.45, 2.75) is 45.5 Å². The van der Waals surface area contributed by atoms with E-state index in [1.807, 2.05) is 7.05 Å². The van der Waals surface area contributed by atoms with Gasteiger partial charge < -0.3 is 15.0 Å². The van der Waals surface area contributed by atoms with Crippen LogP contribution in [0.3, 0.4) is 0 Å². The van der Waals surface area contributed by atoms with Crippen molar-refractivity contribution in [1.29, 1.82) is 0 Å². The van der Waals surface area contributed by atoms with Crippen LogP contribution in [-0.4, -0.2) is 91.8 Å². The van der Waals surface area contributed by atoms with E-state index in [2.05, 4.69) is 76.1 Å². The first-order valence-electron chi connectivity index (χ1n) is 10.8. The first-order chi connectivity index (χ1) is 13.7. The number of hydrogen-bond acceptors (Lipinski definition) is 4. The highest BCUT2D eigenvalue weighted by Gasteiger charge is 2.41. The Labute approximate surface area is 170 Å². The molecular weight excluding hydrogens is 350 g/mol. The number of likely N-dealkylation sites (N-methyl/N-ethyl adjacent to an activating group) is 1. The van der Waals surface area contributed by atoms with Crippen LogP contribution in [0.5, 0.6) is 0 Å². The fourth-order valence-corrected chi connectivity index (χ4v) is 4.49. The second-order valence-corrected chi connectivity index (χ2v) is 7.84. The summed E-state index contributed by atoms with van der Waals surface area (Å²) in [6.07, 6.45) is 0.260. The largest absolute Gasteiger partial charge is 0.373 e. The Bertz CT molecular complexity index is 619. The van der Waals surface area contributed by atoms with Crippen molar-refractivity contribution in [3.63, 3.8) is 0 Å². The van der Waals surface area contributed by atoms with Crippen LogP contribution in [-0.2, 0) is 11.3 Å². The Kier molecular flexibility index (Phi) is 7.71. The van der Waals surface area contributed by atoms with Gasteiger partial charge in [-0.25, -0.2) is 0 Å². The molecule has 0 bridgehead atoms. The molecule has 2 aliphatic heterocycles. The van der Waals surface area contributed by atoms with Gasteiger partial charge in [0.25, 0.3) is 0 Å². The molecule has 0 spiro atoms. The highest BCUT2D eigenvalue weighted by atomic mass is 16.5. The number of nitrogens with zero attached hydrogens (tertiary/aromatic N) is 4.